The van der Waals surface area contributed by atoms with Gasteiger partial charge < -0.3 is 43.4 Å². The van der Waals surface area contributed by atoms with Crippen molar-refractivity contribution in [3.63, 3.8) is 0 Å². The van der Waals surface area contributed by atoms with Crippen molar-refractivity contribution in [2.24, 2.45) is 10.8 Å². The van der Waals surface area contributed by atoms with Crippen LogP contribution in [0.15, 0.2) is 60.3 Å². The lowest BCUT2D eigenvalue weighted by Crippen LogP contribution is -2.63. The van der Waals surface area contributed by atoms with E-state index in [1.807, 2.05) is 20.8 Å². The number of unbranched alkanes of at least 4 members (excludes halogenated alkanes) is 8. The molecule has 0 saturated carbocycles. The number of hydrogen-bond donors (Lipinski definition) is 2. The van der Waals surface area contributed by atoms with Crippen molar-refractivity contribution < 1.29 is 72.1 Å². The summed E-state index contributed by atoms with van der Waals surface area (Å²) in [7, 11) is 3.94. The van der Waals surface area contributed by atoms with E-state index in [4.69, 9.17) is 33.2 Å². The van der Waals surface area contributed by atoms with Crippen LogP contribution in [-0.4, -0.2) is 117 Å². The van der Waals surface area contributed by atoms with Crippen LogP contribution in [0.25, 0.3) is 0 Å². The third kappa shape index (κ3) is 19.0. The summed E-state index contributed by atoms with van der Waals surface area (Å²) >= 11 is 0. The van der Waals surface area contributed by atoms with E-state index in [0.717, 1.165) is 57.8 Å². The SMILES string of the molecule is C=CC[C@@H]1C/C(=C\C(=O)OC)[C@H](OC(=O)CCCCCCC)[C@](C)(C(C)(C)/C=C/C=O)O1.CCCCCCCC(=O)O[C@H]1/C(=C/C(=O)OC)C[C@@H](CC(O)CO)O[C@@]1(OC)C(C)(C)/C=C/C=O. The highest BCUT2D eigenvalue weighted by Crippen LogP contribution is 2.49. The molecule has 2 N–H and O–H groups in total. The van der Waals surface area contributed by atoms with E-state index in [0.29, 0.717) is 49.4 Å². The number of allylic oxidation sites excluding steroid dienone is 2. The maximum atomic E-state index is 12.9. The normalized spacial score (nSPS) is 25.0. The second-order valence-corrected chi connectivity index (χ2v) is 18.4. The molecule has 0 aliphatic carbocycles. The first-order chi connectivity index (χ1) is 31.7. The minimum absolute atomic E-state index is 0.0473. The molecule has 2 saturated heterocycles. The lowest BCUT2D eigenvalue weighted by molar-refractivity contribution is -0.338. The smallest absolute Gasteiger partial charge is 0.330 e. The summed E-state index contributed by atoms with van der Waals surface area (Å²) in [4.78, 5) is 72.1. The standard InChI is InChI=1S/C26H42O9.C26H40O6/c1-6-7-8-9-10-12-22(30)34-24-19(16-23(31)32-4)15-21(17-20(29)18-28)35-26(24,33-5)25(2,3)13-11-14-27;1-7-9-10-11-12-15-22(28)31-24-20(19-23(29)30-6)18-21(14-8-2)32-26(24,5)25(3,4)16-13-17-27/h11,13-14,16,20-21,24,28-29H,6-10,12,15,17-18H2,1-5H3;8,13,16-17,19,21,24H,2,7,9-12,14-15,18H2,1,3-6H3/b13-11+,19-16+;16-13+,20-19+/t20?,21-,24-,26+;21-,24+,26-/m01/s1. The fourth-order valence-corrected chi connectivity index (χ4v) is 8.36. The van der Waals surface area contributed by atoms with Crippen LogP contribution in [0.4, 0.5) is 0 Å². The summed E-state index contributed by atoms with van der Waals surface area (Å²) in [6.07, 6.45) is 19.4. The molecule has 0 radical (unpaired) electrons. The lowest BCUT2D eigenvalue weighted by Gasteiger charge is -2.53. The summed E-state index contributed by atoms with van der Waals surface area (Å²) < 4.78 is 40.3. The number of methoxy groups -OCH3 is 3. The Morgan fingerprint density at radius 3 is 1.64 bits per heavy atom. The average molecular weight is 947 g/mol. The van der Waals surface area contributed by atoms with Crippen LogP contribution in [0.2, 0.25) is 0 Å². The molecule has 0 aromatic carbocycles. The Balaban J connectivity index is 0.000000673. The van der Waals surface area contributed by atoms with E-state index in [9.17, 15) is 39.0 Å². The van der Waals surface area contributed by atoms with Crippen molar-refractivity contribution >= 4 is 36.4 Å². The van der Waals surface area contributed by atoms with Crippen molar-refractivity contribution in [1.29, 1.82) is 0 Å². The molecule has 0 bridgehead atoms. The quantitative estimate of drug-likeness (QED) is 0.0189. The van der Waals surface area contributed by atoms with Gasteiger partial charge in [0.25, 0.3) is 0 Å². The van der Waals surface area contributed by atoms with Gasteiger partial charge in [-0.15, -0.1) is 6.58 Å². The van der Waals surface area contributed by atoms with Gasteiger partial charge in [0.05, 0.1) is 39.1 Å². The van der Waals surface area contributed by atoms with Gasteiger partial charge in [-0.05, 0) is 62.3 Å². The monoisotopic (exact) mass is 947 g/mol. The maximum absolute atomic E-state index is 12.9. The molecule has 1 unspecified atom stereocenters. The van der Waals surface area contributed by atoms with Gasteiger partial charge in [0, 0.05) is 49.4 Å². The molecule has 67 heavy (non-hydrogen) atoms. The second-order valence-electron chi connectivity index (χ2n) is 18.4. The lowest BCUT2D eigenvalue weighted by atomic mass is 9.68. The number of carbonyl (C=O) groups excluding carboxylic acids is 6. The Kier molecular flexibility index (Phi) is 28.1. The number of aliphatic hydroxyl groups is 2. The summed E-state index contributed by atoms with van der Waals surface area (Å²) in [6.45, 7) is 16.8. The highest BCUT2D eigenvalue weighted by molar-refractivity contribution is 5.84. The Bertz CT molecular complexity index is 1690. The molecule has 2 aliphatic rings. The molecule has 15 heteroatoms. The summed E-state index contributed by atoms with van der Waals surface area (Å²) in [6, 6.07) is 0. The first-order valence-electron chi connectivity index (χ1n) is 23.8. The van der Waals surface area contributed by atoms with Crippen molar-refractivity contribution in [2.45, 2.75) is 193 Å². The largest absolute Gasteiger partial charge is 0.466 e. The van der Waals surface area contributed by atoms with Crippen LogP contribution < -0.4 is 0 Å². The van der Waals surface area contributed by atoms with Crippen LogP contribution in [0, 0.1) is 10.8 Å². The fraction of sp³-hybridized carbons (Fsp3) is 0.692. The molecular weight excluding hydrogens is 865 g/mol. The summed E-state index contributed by atoms with van der Waals surface area (Å²) in [5.41, 5.74) is -1.69. The molecule has 7 atom stereocenters. The minimum Gasteiger partial charge on any atom is -0.466 e. The van der Waals surface area contributed by atoms with Gasteiger partial charge in [-0.25, -0.2) is 9.59 Å². The summed E-state index contributed by atoms with van der Waals surface area (Å²) in [5, 5.41) is 19.4. The van der Waals surface area contributed by atoms with Crippen molar-refractivity contribution in [3.05, 3.63) is 60.3 Å². The molecule has 0 spiro atoms. The number of ether oxygens (including phenoxy) is 7. The average Bonchev–Trinajstić information content (AvgIpc) is 3.29. The first-order valence-corrected chi connectivity index (χ1v) is 23.8. The van der Waals surface area contributed by atoms with Crippen molar-refractivity contribution in [2.75, 3.05) is 27.9 Å². The van der Waals surface area contributed by atoms with Gasteiger partial charge in [-0.3, -0.25) is 19.2 Å². The molecule has 2 aliphatic heterocycles. The molecule has 0 amide bonds. The van der Waals surface area contributed by atoms with Gasteiger partial charge >= 0.3 is 23.9 Å². The fourth-order valence-electron chi connectivity index (χ4n) is 8.36. The maximum Gasteiger partial charge on any atom is 0.330 e. The minimum atomic E-state index is -1.64. The Morgan fingerprint density at radius 1 is 0.731 bits per heavy atom. The Labute approximate surface area is 399 Å². The number of hydrogen-bond acceptors (Lipinski definition) is 15. The Morgan fingerprint density at radius 2 is 1.19 bits per heavy atom. The molecule has 15 nitrogen and oxygen atoms in total. The Hall–Kier alpha value is -4.28. The van der Waals surface area contributed by atoms with Crippen LogP contribution >= 0.6 is 0 Å². The van der Waals surface area contributed by atoms with Crippen LogP contribution in [0.1, 0.15) is 151 Å². The molecule has 2 fully saturated rings. The first kappa shape index (κ1) is 60.7. The number of aldehydes is 2. The van der Waals surface area contributed by atoms with E-state index in [2.05, 4.69) is 20.4 Å². The zero-order valence-corrected chi connectivity index (χ0v) is 42.0. The number of esters is 4. The second kappa shape index (κ2) is 31.0. The van der Waals surface area contributed by atoms with Gasteiger partial charge in [0.1, 0.15) is 18.2 Å². The predicted molar refractivity (Wildman–Crippen MR) is 254 cm³/mol. The highest BCUT2D eigenvalue weighted by atomic mass is 16.7. The van der Waals surface area contributed by atoms with E-state index in [1.165, 1.54) is 45.6 Å². The van der Waals surface area contributed by atoms with Crippen molar-refractivity contribution in [3.8, 4) is 0 Å². The van der Waals surface area contributed by atoms with Crippen LogP contribution in [0.5, 0.6) is 0 Å². The van der Waals surface area contributed by atoms with Gasteiger partial charge in [0.15, 0.2) is 12.2 Å². The third-order valence-corrected chi connectivity index (χ3v) is 12.5. The summed E-state index contributed by atoms with van der Waals surface area (Å²) in [5.74, 6) is -3.58. The molecule has 2 heterocycles. The molecule has 0 aromatic rings. The van der Waals surface area contributed by atoms with Crippen LogP contribution in [0.3, 0.4) is 0 Å². The van der Waals surface area contributed by atoms with E-state index in [1.54, 1.807) is 32.1 Å². The highest BCUT2D eigenvalue weighted by Gasteiger charge is 2.59. The molecular formula is C52H82O15. The third-order valence-electron chi connectivity index (χ3n) is 12.5. The van der Waals surface area contributed by atoms with E-state index in [-0.39, 0.29) is 31.3 Å². The molecule has 2 rings (SSSR count). The zero-order valence-electron chi connectivity index (χ0n) is 42.0. The van der Waals surface area contributed by atoms with Crippen LogP contribution in [-0.2, 0) is 61.9 Å². The van der Waals surface area contributed by atoms with Gasteiger partial charge in [0.2, 0.25) is 5.79 Å². The predicted octanol–water partition coefficient (Wildman–Crippen LogP) is 8.28. The number of aliphatic hydroxyl groups excluding tert-OH is 2. The number of carbonyl (C=O) groups is 6. The zero-order chi connectivity index (χ0) is 50.7. The molecule has 0 aromatic heterocycles. The number of rotatable bonds is 28. The van der Waals surface area contributed by atoms with Crippen molar-refractivity contribution in [1.82, 2.24) is 0 Å². The van der Waals surface area contributed by atoms with Gasteiger partial charge in [-0.1, -0.05) is 111 Å². The molecule has 380 valence electrons. The van der Waals surface area contributed by atoms with E-state index >= 15 is 0 Å². The van der Waals surface area contributed by atoms with Gasteiger partial charge in [-0.2, -0.15) is 0 Å². The topological polar surface area (TPSA) is 207 Å². The van der Waals surface area contributed by atoms with E-state index < -0.39 is 71.1 Å².